The fraction of sp³-hybridized carbons (Fsp3) is 0.462. The number of thioether (sulfide) groups is 1. The van der Waals surface area contributed by atoms with E-state index in [4.69, 9.17) is 9.47 Å². The lowest BCUT2D eigenvalue weighted by Crippen LogP contribution is -2.42. The summed E-state index contributed by atoms with van der Waals surface area (Å²) < 4.78 is 10.6. The van der Waals surface area contributed by atoms with Gasteiger partial charge in [0, 0.05) is 25.2 Å². The second-order valence-corrected chi connectivity index (χ2v) is 5.68. The monoisotopic (exact) mass is 280 g/mol. The molecule has 1 amide bonds. The summed E-state index contributed by atoms with van der Waals surface area (Å²) in [5.41, 5.74) is 1.05. The topological polar surface area (TPSA) is 50.8 Å². The van der Waals surface area contributed by atoms with Gasteiger partial charge in [0.25, 0.3) is 0 Å². The SMILES string of the molecule is CN(Cc1ccc2c(c1)OCO2)C(=O)C1CSCN1. The highest BCUT2D eigenvalue weighted by Gasteiger charge is 2.25. The minimum atomic E-state index is -0.0518. The van der Waals surface area contributed by atoms with Crippen molar-refractivity contribution in [2.75, 3.05) is 25.5 Å². The molecule has 1 unspecified atom stereocenters. The molecule has 1 N–H and O–H groups in total. The molecule has 0 bridgehead atoms. The molecule has 2 aliphatic rings. The summed E-state index contributed by atoms with van der Waals surface area (Å²) in [6.07, 6.45) is 0. The van der Waals surface area contributed by atoms with E-state index in [1.165, 1.54) is 0 Å². The Hall–Kier alpha value is -1.40. The molecule has 3 rings (SSSR count). The molecule has 0 aromatic heterocycles. The molecule has 1 aromatic carbocycles. The van der Waals surface area contributed by atoms with Gasteiger partial charge in [-0.2, -0.15) is 0 Å². The number of rotatable bonds is 3. The van der Waals surface area contributed by atoms with E-state index in [1.54, 1.807) is 16.7 Å². The van der Waals surface area contributed by atoms with Crippen molar-refractivity contribution in [3.05, 3.63) is 23.8 Å². The number of nitrogens with zero attached hydrogens (tertiary/aromatic N) is 1. The van der Waals surface area contributed by atoms with Crippen molar-refractivity contribution in [2.45, 2.75) is 12.6 Å². The highest BCUT2D eigenvalue weighted by atomic mass is 32.2. The van der Waals surface area contributed by atoms with Crippen LogP contribution in [0.4, 0.5) is 0 Å². The normalized spacial score (nSPS) is 20.6. The Morgan fingerprint density at radius 1 is 1.47 bits per heavy atom. The highest BCUT2D eigenvalue weighted by Crippen LogP contribution is 2.32. The number of nitrogens with one attached hydrogen (secondary N) is 1. The van der Waals surface area contributed by atoms with Gasteiger partial charge in [0.05, 0.1) is 6.04 Å². The Kier molecular flexibility index (Phi) is 3.52. The molecule has 5 nitrogen and oxygen atoms in total. The van der Waals surface area contributed by atoms with Gasteiger partial charge >= 0.3 is 0 Å². The molecule has 2 aliphatic heterocycles. The van der Waals surface area contributed by atoms with Crippen LogP contribution in [0.1, 0.15) is 5.56 Å². The molecule has 0 radical (unpaired) electrons. The van der Waals surface area contributed by atoms with E-state index in [-0.39, 0.29) is 18.7 Å². The van der Waals surface area contributed by atoms with Crippen LogP contribution in [-0.2, 0) is 11.3 Å². The summed E-state index contributed by atoms with van der Waals surface area (Å²) in [6.45, 7) is 0.856. The van der Waals surface area contributed by atoms with Gasteiger partial charge in [-0.3, -0.25) is 10.1 Å². The summed E-state index contributed by atoms with van der Waals surface area (Å²) in [5, 5.41) is 3.19. The number of ether oxygens (including phenoxy) is 2. The number of likely N-dealkylation sites (N-methyl/N-ethyl adjacent to an activating group) is 1. The fourth-order valence-corrected chi connectivity index (χ4v) is 3.14. The van der Waals surface area contributed by atoms with E-state index in [2.05, 4.69) is 5.32 Å². The first-order valence-corrected chi connectivity index (χ1v) is 7.34. The lowest BCUT2D eigenvalue weighted by atomic mass is 10.2. The first-order chi connectivity index (χ1) is 9.24. The van der Waals surface area contributed by atoms with E-state index in [9.17, 15) is 4.79 Å². The minimum Gasteiger partial charge on any atom is -0.454 e. The number of hydrogen-bond acceptors (Lipinski definition) is 5. The average Bonchev–Trinajstić information content (AvgIpc) is 3.08. The third kappa shape index (κ3) is 2.64. The van der Waals surface area contributed by atoms with E-state index in [1.807, 2.05) is 25.2 Å². The molecule has 6 heteroatoms. The first-order valence-electron chi connectivity index (χ1n) is 6.18. The summed E-state index contributed by atoms with van der Waals surface area (Å²) >= 11 is 1.76. The van der Waals surface area contributed by atoms with Gasteiger partial charge in [-0.25, -0.2) is 0 Å². The van der Waals surface area contributed by atoms with Crippen LogP contribution in [0.25, 0.3) is 0 Å². The smallest absolute Gasteiger partial charge is 0.240 e. The van der Waals surface area contributed by atoms with Gasteiger partial charge < -0.3 is 14.4 Å². The van der Waals surface area contributed by atoms with E-state index >= 15 is 0 Å². The number of fused-ring (bicyclic) bond motifs is 1. The maximum atomic E-state index is 12.2. The number of carbonyl (C=O) groups excluding carboxylic acids is 1. The van der Waals surface area contributed by atoms with Crippen LogP contribution in [0.3, 0.4) is 0 Å². The Morgan fingerprint density at radius 2 is 2.32 bits per heavy atom. The predicted octanol–water partition coefficient (Wildman–Crippen LogP) is 1.04. The summed E-state index contributed by atoms with van der Waals surface area (Å²) in [5.74, 6) is 3.38. The summed E-state index contributed by atoms with van der Waals surface area (Å²) in [4.78, 5) is 13.9. The molecule has 1 fully saturated rings. The average molecular weight is 280 g/mol. The summed E-state index contributed by atoms with van der Waals surface area (Å²) in [6, 6.07) is 5.74. The number of hydrogen-bond donors (Lipinski definition) is 1. The molecule has 19 heavy (non-hydrogen) atoms. The van der Waals surface area contributed by atoms with Crippen LogP contribution in [0.15, 0.2) is 18.2 Å². The zero-order valence-corrected chi connectivity index (χ0v) is 11.5. The van der Waals surface area contributed by atoms with Crippen LogP contribution >= 0.6 is 11.8 Å². The number of carbonyl (C=O) groups is 1. The molecular weight excluding hydrogens is 264 g/mol. The number of amides is 1. The van der Waals surface area contributed by atoms with Crippen molar-refractivity contribution in [3.8, 4) is 11.5 Å². The van der Waals surface area contributed by atoms with Gasteiger partial charge in [0.1, 0.15) is 0 Å². The van der Waals surface area contributed by atoms with Gasteiger partial charge in [-0.05, 0) is 17.7 Å². The zero-order chi connectivity index (χ0) is 13.2. The number of benzene rings is 1. The Morgan fingerprint density at radius 3 is 3.11 bits per heavy atom. The van der Waals surface area contributed by atoms with Gasteiger partial charge in [-0.1, -0.05) is 6.07 Å². The molecule has 0 saturated carbocycles. The highest BCUT2D eigenvalue weighted by molar-refractivity contribution is 7.99. The van der Waals surface area contributed by atoms with Crippen LogP contribution in [0, 0.1) is 0 Å². The minimum absolute atomic E-state index is 0.0518. The molecule has 102 valence electrons. The second-order valence-electron chi connectivity index (χ2n) is 4.65. The molecule has 0 spiro atoms. The summed E-state index contributed by atoms with van der Waals surface area (Å²) in [7, 11) is 1.83. The molecule has 2 heterocycles. The van der Waals surface area contributed by atoms with E-state index in [0.29, 0.717) is 6.54 Å². The largest absolute Gasteiger partial charge is 0.454 e. The van der Waals surface area contributed by atoms with Crippen molar-refractivity contribution in [1.82, 2.24) is 10.2 Å². The lowest BCUT2D eigenvalue weighted by molar-refractivity contribution is -0.131. The maximum Gasteiger partial charge on any atom is 0.240 e. The maximum absolute atomic E-state index is 12.2. The molecule has 1 aromatic rings. The predicted molar refractivity (Wildman–Crippen MR) is 73.3 cm³/mol. The Bertz CT molecular complexity index is 489. The molecule has 1 saturated heterocycles. The molecule has 0 aliphatic carbocycles. The third-order valence-electron chi connectivity index (χ3n) is 3.25. The zero-order valence-electron chi connectivity index (χ0n) is 10.7. The second kappa shape index (κ2) is 5.30. The quantitative estimate of drug-likeness (QED) is 0.896. The van der Waals surface area contributed by atoms with E-state index in [0.717, 1.165) is 28.7 Å². The van der Waals surface area contributed by atoms with Crippen molar-refractivity contribution < 1.29 is 14.3 Å². The van der Waals surface area contributed by atoms with Crippen molar-refractivity contribution in [3.63, 3.8) is 0 Å². The van der Waals surface area contributed by atoms with Gasteiger partial charge in [0.15, 0.2) is 11.5 Å². The van der Waals surface area contributed by atoms with E-state index < -0.39 is 0 Å². The Balaban J connectivity index is 1.65. The van der Waals surface area contributed by atoms with Crippen molar-refractivity contribution in [1.29, 1.82) is 0 Å². The van der Waals surface area contributed by atoms with Gasteiger partial charge in [-0.15, -0.1) is 11.8 Å². The lowest BCUT2D eigenvalue weighted by Gasteiger charge is -2.21. The standard InChI is InChI=1S/C13H16N2O3S/c1-15(13(16)10-6-19-7-14-10)5-9-2-3-11-12(4-9)18-8-17-11/h2-4,10,14H,5-8H2,1H3. The fourth-order valence-electron chi connectivity index (χ4n) is 2.21. The molecular formula is C13H16N2O3S. The van der Waals surface area contributed by atoms with Gasteiger partial charge in [0.2, 0.25) is 12.7 Å². The first kappa shape index (κ1) is 12.6. The van der Waals surface area contributed by atoms with Crippen LogP contribution in [0.5, 0.6) is 11.5 Å². The molecule has 1 atom stereocenters. The van der Waals surface area contributed by atoms with Crippen molar-refractivity contribution in [2.24, 2.45) is 0 Å². The Labute approximate surface area is 116 Å². The van der Waals surface area contributed by atoms with Crippen LogP contribution < -0.4 is 14.8 Å². The van der Waals surface area contributed by atoms with Crippen LogP contribution in [0.2, 0.25) is 0 Å². The van der Waals surface area contributed by atoms with Crippen LogP contribution in [-0.4, -0.2) is 42.3 Å². The third-order valence-corrected chi connectivity index (χ3v) is 4.19. The van der Waals surface area contributed by atoms with Crippen molar-refractivity contribution >= 4 is 17.7 Å².